The van der Waals surface area contributed by atoms with Gasteiger partial charge < -0.3 is 0 Å². The van der Waals surface area contributed by atoms with E-state index in [9.17, 15) is 0 Å². The molecular weight excluding hydrogens is 252 g/mol. The van der Waals surface area contributed by atoms with Gasteiger partial charge in [-0.1, -0.05) is 68.2 Å². The van der Waals surface area contributed by atoms with Crippen LogP contribution in [0.3, 0.4) is 0 Å². The first-order valence-corrected chi connectivity index (χ1v) is 8.88. The molecule has 0 heteroatoms. The minimum absolute atomic E-state index is 0.787. The van der Waals surface area contributed by atoms with E-state index in [2.05, 4.69) is 42.5 Å². The van der Waals surface area contributed by atoms with Crippen LogP contribution >= 0.6 is 0 Å². The fourth-order valence-corrected chi connectivity index (χ4v) is 3.91. The lowest BCUT2D eigenvalue weighted by Crippen LogP contribution is -2.07. The molecule has 0 amide bonds. The quantitative estimate of drug-likeness (QED) is 0.511. The molecule has 112 valence electrons. The van der Waals surface area contributed by atoms with Gasteiger partial charge >= 0.3 is 0 Å². The lowest BCUT2D eigenvalue weighted by Gasteiger charge is -2.23. The smallest absolute Gasteiger partial charge is 0.0156 e. The zero-order chi connectivity index (χ0) is 14.3. The summed E-state index contributed by atoms with van der Waals surface area (Å²) >= 11 is 0. The van der Waals surface area contributed by atoms with Gasteiger partial charge in [-0.05, 0) is 61.2 Å². The van der Waals surface area contributed by atoms with Crippen molar-refractivity contribution in [3.63, 3.8) is 0 Å². The third-order valence-electron chi connectivity index (χ3n) is 5.07. The van der Waals surface area contributed by atoms with Gasteiger partial charge in [-0.25, -0.2) is 0 Å². The SMILES string of the molecule is C1=CCC=C(C2=CC=CCCC2)C(C2CCCCCC2)=C1. The first kappa shape index (κ1) is 14.6. The highest BCUT2D eigenvalue weighted by molar-refractivity contribution is 5.51. The molecule has 0 aromatic heterocycles. The lowest BCUT2D eigenvalue weighted by atomic mass is 9.82. The molecule has 0 bridgehead atoms. The first-order chi connectivity index (χ1) is 10.4. The first-order valence-electron chi connectivity index (χ1n) is 8.88. The molecule has 0 saturated heterocycles. The van der Waals surface area contributed by atoms with Crippen molar-refractivity contribution in [2.45, 2.75) is 64.2 Å². The van der Waals surface area contributed by atoms with Crippen LogP contribution in [0.1, 0.15) is 64.2 Å². The molecule has 0 N–H and O–H groups in total. The Morgan fingerprint density at radius 2 is 1.62 bits per heavy atom. The van der Waals surface area contributed by atoms with Gasteiger partial charge in [0.15, 0.2) is 0 Å². The zero-order valence-corrected chi connectivity index (χ0v) is 13.2. The summed E-state index contributed by atoms with van der Waals surface area (Å²) in [5, 5.41) is 0. The largest absolute Gasteiger partial charge is 0.0845 e. The lowest BCUT2D eigenvalue weighted by molar-refractivity contribution is 0.535. The molecule has 1 fully saturated rings. The van der Waals surface area contributed by atoms with E-state index >= 15 is 0 Å². The van der Waals surface area contributed by atoms with Crippen molar-refractivity contribution in [2.75, 3.05) is 0 Å². The topological polar surface area (TPSA) is 0 Å². The number of hydrogen-bond donors (Lipinski definition) is 0. The number of hydrogen-bond acceptors (Lipinski definition) is 0. The molecule has 0 radical (unpaired) electrons. The van der Waals surface area contributed by atoms with Crippen LogP contribution in [0, 0.1) is 5.92 Å². The Kier molecular flexibility index (Phi) is 5.32. The molecule has 21 heavy (non-hydrogen) atoms. The van der Waals surface area contributed by atoms with E-state index in [-0.39, 0.29) is 0 Å². The Balaban J connectivity index is 1.87. The maximum absolute atomic E-state index is 2.48. The maximum Gasteiger partial charge on any atom is -0.0156 e. The third kappa shape index (κ3) is 3.87. The van der Waals surface area contributed by atoms with Gasteiger partial charge in [0.2, 0.25) is 0 Å². The van der Waals surface area contributed by atoms with Crippen molar-refractivity contribution in [3.05, 3.63) is 59.3 Å². The van der Waals surface area contributed by atoms with Crippen LogP contribution < -0.4 is 0 Å². The van der Waals surface area contributed by atoms with E-state index in [0.29, 0.717) is 0 Å². The van der Waals surface area contributed by atoms with Gasteiger partial charge in [-0.15, -0.1) is 0 Å². The van der Waals surface area contributed by atoms with Crippen molar-refractivity contribution in [3.8, 4) is 0 Å². The minimum Gasteiger partial charge on any atom is -0.0845 e. The van der Waals surface area contributed by atoms with Crippen LogP contribution in [0.15, 0.2) is 59.3 Å². The average Bonchev–Trinajstić information content (AvgIpc) is 3.01. The van der Waals surface area contributed by atoms with Gasteiger partial charge in [-0.2, -0.15) is 0 Å². The van der Waals surface area contributed by atoms with Gasteiger partial charge in [0.25, 0.3) is 0 Å². The van der Waals surface area contributed by atoms with Crippen LogP contribution in [0.2, 0.25) is 0 Å². The van der Waals surface area contributed by atoms with Crippen LogP contribution in [-0.4, -0.2) is 0 Å². The van der Waals surface area contributed by atoms with Crippen LogP contribution in [-0.2, 0) is 0 Å². The molecule has 3 rings (SSSR count). The summed E-state index contributed by atoms with van der Waals surface area (Å²) in [4.78, 5) is 0. The van der Waals surface area contributed by atoms with E-state index in [1.165, 1.54) is 57.8 Å². The molecule has 3 aliphatic carbocycles. The van der Waals surface area contributed by atoms with Crippen LogP contribution in [0.4, 0.5) is 0 Å². The van der Waals surface area contributed by atoms with Gasteiger partial charge in [0.05, 0.1) is 0 Å². The van der Waals surface area contributed by atoms with Crippen molar-refractivity contribution in [1.82, 2.24) is 0 Å². The second kappa shape index (κ2) is 7.64. The second-order valence-electron chi connectivity index (χ2n) is 6.60. The van der Waals surface area contributed by atoms with E-state index in [0.717, 1.165) is 12.3 Å². The van der Waals surface area contributed by atoms with E-state index in [1.54, 1.807) is 16.7 Å². The summed E-state index contributed by atoms with van der Waals surface area (Å²) < 4.78 is 0. The highest BCUT2D eigenvalue weighted by Gasteiger charge is 2.21. The summed E-state index contributed by atoms with van der Waals surface area (Å²) in [6.45, 7) is 0. The fourth-order valence-electron chi connectivity index (χ4n) is 3.91. The maximum atomic E-state index is 2.48. The molecule has 0 unspecified atom stereocenters. The van der Waals surface area contributed by atoms with Crippen LogP contribution in [0.25, 0.3) is 0 Å². The molecule has 0 spiro atoms. The summed E-state index contributed by atoms with van der Waals surface area (Å²) in [6, 6.07) is 0. The summed E-state index contributed by atoms with van der Waals surface area (Å²) in [5.41, 5.74) is 4.77. The summed E-state index contributed by atoms with van der Waals surface area (Å²) in [6.07, 6.45) is 29.8. The second-order valence-corrected chi connectivity index (χ2v) is 6.60. The fraction of sp³-hybridized carbons (Fsp3) is 0.524. The Labute approximate surface area is 130 Å². The molecule has 0 heterocycles. The van der Waals surface area contributed by atoms with Crippen molar-refractivity contribution in [2.24, 2.45) is 5.92 Å². The normalized spacial score (nSPS) is 24.5. The Bertz CT molecular complexity index is 488. The van der Waals surface area contributed by atoms with E-state index in [4.69, 9.17) is 0 Å². The predicted octanol–water partition coefficient (Wildman–Crippen LogP) is 6.44. The molecule has 0 aromatic carbocycles. The Hall–Kier alpha value is -1.30. The number of rotatable bonds is 2. The highest BCUT2D eigenvalue weighted by Crippen LogP contribution is 2.38. The van der Waals surface area contributed by atoms with Gasteiger partial charge in [-0.3, -0.25) is 0 Å². The molecule has 0 aliphatic heterocycles. The molecular formula is C21H28. The molecule has 0 nitrogen and oxygen atoms in total. The molecule has 1 saturated carbocycles. The summed E-state index contributed by atoms with van der Waals surface area (Å²) in [5.74, 6) is 0.787. The third-order valence-corrected chi connectivity index (χ3v) is 5.07. The van der Waals surface area contributed by atoms with Gasteiger partial charge in [0.1, 0.15) is 0 Å². The molecule has 0 aromatic rings. The number of allylic oxidation sites excluding steroid dienone is 10. The van der Waals surface area contributed by atoms with Gasteiger partial charge in [0, 0.05) is 0 Å². The standard InChI is InChI=1S/C21H28/c1-2-7-13-18(12-6-1)20-16-10-5-11-17-21(20)19-14-8-3-4-9-15-19/h1,5-6,11-12,16-17,19H,2-4,7-10,13-15H2. The zero-order valence-electron chi connectivity index (χ0n) is 13.2. The van der Waals surface area contributed by atoms with Crippen molar-refractivity contribution < 1.29 is 0 Å². The Morgan fingerprint density at radius 1 is 0.810 bits per heavy atom. The minimum atomic E-state index is 0.787. The molecule has 0 atom stereocenters. The monoisotopic (exact) mass is 280 g/mol. The Morgan fingerprint density at radius 3 is 2.48 bits per heavy atom. The van der Waals surface area contributed by atoms with Crippen molar-refractivity contribution >= 4 is 0 Å². The van der Waals surface area contributed by atoms with Crippen molar-refractivity contribution in [1.29, 1.82) is 0 Å². The highest BCUT2D eigenvalue weighted by atomic mass is 14.3. The van der Waals surface area contributed by atoms with Crippen LogP contribution in [0.5, 0.6) is 0 Å². The molecule has 3 aliphatic rings. The van der Waals surface area contributed by atoms with E-state index in [1.807, 2.05) is 0 Å². The summed E-state index contributed by atoms with van der Waals surface area (Å²) in [7, 11) is 0. The predicted molar refractivity (Wildman–Crippen MR) is 92.2 cm³/mol. The average molecular weight is 280 g/mol. The van der Waals surface area contributed by atoms with E-state index < -0.39 is 0 Å².